The smallest absolute Gasteiger partial charge is 0.337 e. The van der Waals surface area contributed by atoms with Gasteiger partial charge in [0.15, 0.2) is 0 Å². The van der Waals surface area contributed by atoms with Crippen LogP contribution in [-0.2, 0) is 10.2 Å². The van der Waals surface area contributed by atoms with Crippen LogP contribution in [0.4, 0.5) is 0 Å². The van der Waals surface area contributed by atoms with Crippen molar-refractivity contribution >= 4 is 5.97 Å². The van der Waals surface area contributed by atoms with Gasteiger partial charge in [0, 0.05) is 5.41 Å². The molecule has 0 aliphatic heterocycles. The molecule has 0 aliphatic carbocycles. The maximum absolute atomic E-state index is 11.6. The molecule has 1 N–H and O–H groups in total. The van der Waals surface area contributed by atoms with Crippen LogP contribution in [-0.4, -0.2) is 18.2 Å². The van der Waals surface area contributed by atoms with Crippen molar-refractivity contribution in [1.29, 1.82) is 0 Å². The zero-order valence-electron chi connectivity index (χ0n) is 13.5. The number of carbonyl (C=O) groups excluding carboxylic acids is 1. The van der Waals surface area contributed by atoms with Crippen LogP contribution >= 0.6 is 0 Å². The molecule has 0 amide bonds. The van der Waals surface area contributed by atoms with E-state index in [4.69, 9.17) is 4.74 Å². The number of methoxy groups -OCH3 is 1. The Hall–Kier alpha value is -2.29. The molecule has 2 aromatic rings. The fourth-order valence-electron chi connectivity index (χ4n) is 2.71. The Bertz CT molecular complexity index is 641. The number of phenols is 1. The predicted molar refractivity (Wildman–Crippen MR) is 87.2 cm³/mol. The molecular formula is C19H22O3. The van der Waals surface area contributed by atoms with Crippen molar-refractivity contribution < 1.29 is 14.6 Å². The lowest BCUT2D eigenvalue weighted by atomic mass is 9.68. The molecule has 3 heteroatoms. The van der Waals surface area contributed by atoms with Gasteiger partial charge >= 0.3 is 5.97 Å². The summed E-state index contributed by atoms with van der Waals surface area (Å²) in [7, 11) is 1.38. The first-order valence-electron chi connectivity index (χ1n) is 7.38. The lowest BCUT2D eigenvalue weighted by Gasteiger charge is -2.35. The summed E-state index contributed by atoms with van der Waals surface area (Å²) in [4.78, 5) is 11.6. The first-order chi connectivity index (χ1) is 10.4. The topological polar surface area (TPSA) is 46.5 Å². The molecule has 0 spiro atoms. The summed E-state index contributed by atoms with van der Waals surface area (Å²) in [6.45, 7) is 6.51. The molecule has 0 fully saturated rings. The Morgan fingerprint density at radius 3 is 1.86 bits per heavy atom. The van der Waals surface area contributed by atoms with Gasteiger partial charge in [-0.1, -0.05) is 45.0 Å². The number of ether oxygens (including phenoxy) is 1. The van der Waals surface area contributed by atoms with Crippen molar-refractivity contribution in [2.24, 2.45) is 5.92 Å². The Morgan fingerprint density at radius 2 is 1.45 bits per heavy atom. The molecule has 0 radical (unpaired) electrons. The first-order valence-corrected chi connectivity index (χ1v) is 7.38. The molecule has 0 aliphatic rings. The van der Waals surface area contributed by atoms with Crippen molar-refractivity contribution in [3.05, 3.63) is 65.2 Å². The van der Waals surface area contributed by atoms with E-state index in [9.17, 15) is 9.90 Å². The third-order valence-corrected chi connectivity index (χ3v) is 4.53. The second-order valence-corrected chi connectivity index (χ2v) is 5.97. The van der Waals surface area contributed by atoms with E-state index >= 15 is 0 Å². The predicted octanol–water partition coefficient (Wildman–Crippen LogP) is 4.14. The summed E-state index contributed by atoms with van der Waals surface area (Å²) < 4.78 is 4.74. The fraction of sp³-hybridized carbons (Fsp3) is 0.316. The van der Waals surface area contributed by atoms with Gasteiger partial charge in [-0.3, -0.25) is 0 Å². The number of rotatable bonds is 4. The van der Waals surface area contributed by atoms with E-state index < -0.39 is 0 Å². The molecular weight excluding hydrogens is 276 g/mol. The quantitative estimate of drug-likeness (QED) is 0.863. The van der Waals surface area contributed by atoms with Gasteiger partial charge in [-0.05, 0) is 41.3 Å². The average molecular weight is 298 g/mol. The van der Waals surface area contributed by atoms with Crippen molar-refractivity contribution in [2.45, 2.75) is 26.2 Å². The molecule has 1 atom stereocenters. The highest BCUT2D eigenvalue weighted by Crippen LogP contribution is 2.39. The van der Waals surface area contributed by atoms with Crippen molar-refractivity contribution in [1.82, 2.24) is 0 Å². The van der Waals surface area contributed by atoms with Crippen LogP contribution in [0.15, 0.2) is 48.5 Å². The van der Waals surface area contributed by atoms with Gasteiger partial charge < -0.3 is 9.84 Å². The number of benzene rings is 2. The van der Waals surface area contributed by atoms with Crippen LogP contribution < -0.4 is 0 Å². The van der Waals surface area contributed by atoms with Crippen LogP contribution in [0.1, 0.15) is 42.3 Å². The van der Waals surface area contributed by atoms with E-state index in [2.05, 4.69) is 20.8 Å². The fourth-order valence-corrected chi connectivity index (χ4v) is 2.71. The van der Waals surface area contributed by atoms with Gasteiger partial charge in [0.05, 0.1) is 12.7 Å². The summed E-state index contributed by atoms with van der Waals surface area (Å²) in [6, 6.07) is 14.8. The van der Waals surface area contributed by atoms with E-state index in [-0.39, 0.29) is 17.1 Å². The molecule has 3 nitrogen and oxygen atoms in total. The molecule has 1 unspecified atom stereocenters. The Labute approximate surface area is 131 Å². The molecule has 2 aromatic carbocycles. The maximum atomic E-state index is 11.6. The zero-order valence-corrected chi connectivity index (χ0v) is 13.5. The molecule has 2 rings (SSSR count). The standard InChI is InChI=1S/C19H22O3/c1-13(2)19(3,16-9-11-17(20)12-10-16)15-7-5-14(6-8-15)18(21)22-4/h5-13,20H,1-4H3. The van der Waals surface area contributed by atoms with Crippen LogP contribution in [0.2, 0.25) is 0 Å². The van der Waals surface area contributed by atoms with Crippen LogP contribution in [0.3, 0.4) is 0 Å². The van der Waals surface area contributed by atoms with Crippen molar-refractivity contribution in [3.63, 3.8) is 0 Å². The molecule has 0 bridgehead atoms. The molecule has 116 valence electrons. The summed E-state index contributed by atoms with van der Waals surface area (Å²) in [5.74, 6) is 0.277. The normalized spacial score (nSPS) is 13.7. The summed E-state index contributed by atoms with van der Waals surface area (Å²) in [5, 5.41) is 9.50. The van der Waals surface area contributed by atoms with Crippen LogP contribution in [0, 0.1) is 5.92 Å². The average Bonchev–Trinajstić information content (AvgIpc) is 2.54. The van der Waals surface area contributed by atoms with Gasteiger partial charge in [-0.25, -0.2) is 4.79 Å². The van der Waals surface area contributed by atoms with Gasteiger partial charge in [0.25, 0.3) is 0 Å². The van der Waals surface area contributed by atoms with Gasteiger partial charge in [-0.15, -0.1) is 0 Å². The summed E-state index contributed by atoms with van der Waals surface area (Å²) in [5.41, 5.74) is 2.59. The van der Waals surface area contributed by atoms with E-state index in [0.29, 0.717) is 11.5 Å². The molecule has 22 heavy (non-hydrogen) atoms. The van der Waals surface area contributed by atoms with E-state index in [1.54, 1.807) is 24.3 Å². The minimum atomic E-state index is -0.331. The third kappa shape index (κ3) is 2.84. The van der Waals surface area contributed by atoms with Crippen molar-refractivity contribution in [3.8, 4) is 5.75 Å². The van der Waals surface area contributed by atoms with Crippen LogP contribution in [0.25, 0.3) is 0 Å². The van der Waals surface area contributed by atoms with Crippen molar-refractivity contribution in [2.75, 3.05) is 7.11 Å². The van der Waals surface area contributed by atoms with Gasteiger partial charge in [0.2, 0.25) is 0 Å². The van der Waals surface area contributed by atoms with E-state index in [1.165, 1.54) is 7.11 Å². The zero-order chi connectivity index (χ0) is 16.3. The molecule has 0 saturated heterocycles. The SMILES string of the molecule is COC(=O)c1ccc(C(C)(c2ccc(O)cc2)C(C)C)cc1. The third-order valence-electron chi connectivity index (χ3n) is 4.53. The number of aromatic hydroxyl groups is 1. The highest BCUT2D eigenvalue weighted by molar-refractivity contribution is 5.89. The Balaban J connectivity index is 2.47. The summed E-state index contributed by atoms with van der Waals surface area (Å²) in [6.07, 6.45) is 0. The van der Waals surface area contributed by atoms with E-state index in [0.717, 1.165) is 11.1 Å². The largest absolute Gasteiger partial charge is 0.508 e. The number of phenolic OH excluding ortho intramolecular Hbond substituents is 1. The number of carbonyl (C=O) groups is 1. The minimum absolute atomic E-state index is 0.206. The number of hydrogen-bond acceptors (Lipinski definition) is 3. The first kappa shape index (κ1) is 16.1. The van der Waals surface area contributed by atoms with E-state index in [1.807, 2.05) is 24.3 Å². The van der Waals surface area contributed by atoms with Crippen LogP contribution in [0.5, 0.6) is 5.75 Å². The molecule has 0 aromatic heterocycles. The monoisotopic (exact) mass is 298 g/mol. The molecule has 0 saturated carbocycles. The highest BCUT2D eigenvalue weighted by atomic mass is 16.5. The van der Waals surface area contributed by atoms with Gasteiger partial charge in [-0.2, -0.15) is 0 Å². The minimum Gasteiger partial charge on any atom is -0.508 e. The highest BCUT2D eigenvalue weighted by Gasteiger charge is 2.32. The Morgan fingerprint density at radius 1 is 1.00 bits per heavy atom. The maximum Gasteiger partial charge on any atom is 0.337 e. The summed E-state index contributed by atoms with van der Waals surface area (Å²) >= 11 is 0. The number of hydrogen-bond donors (Lipinski definition) is 1. The Kier molecular flexibility index (Phi) is 4.55. The lowest BCUT2D eigenvalue weighted by Crippen LogP contribution is -2.30. The second kappa shape index (κ2) is 6.22. The number of esters is 1. The molecule has 0 heterocycles. The van der Waals surface area contributed by atoms with Gasteiger partial charge in [0.1, 0.15) is 5.75 Å². The second-order valence-electron chi connectivity index (χ2n) is 5.97. The lowest BCUT2D eigenvalue weighted by molar-refractivity contribution is 0.0600.